The molecule has 0 saturated carbocycles. The van der Waals surface area contributed by atoms with Crippen LogP contribution in [-0.4, -0.2) is 11.9 Å². The number of ether oxygens (including phenoxy) is 2. The van der Waals surface area contributed by atoms with Crippen LogP contribution in [0.25, 0.3) is 0 Å². The van der Waals surface area contributed by atoms with Crippen molar-refractivity contribution in [3.05, 3.63) is 95.1 Å². The van der Waals surface area contributed by atoms with Gasteiger partial charge in [0.05, 0.1) is 5.57 Å². The van der Waals surface area contributed by atoms with Crippen LogP contribution in [0.4, 0.5) is 0 Å². The highest BCUT2D eigenvalue weighted by Crippen LogP contribution is 2.16. The van der Waals surface area contributed by atoms with Crippen molar-refractivity contribution in [2.45, 2.75) is 33.5 Å². The molecule has 0 atom stereocenters. The van der Waals surface area contributed by atoms with Gasteiger partial charge in [-0.05, 0) is 31.4 Å². The smallest absolute Gasteiger partial charge is 0.335 e. The van der Waals surface area contributed by atoms with Crippen molar-refractivity contribution in [1.29, 1.82) is 0 Å². The van der Waals surface area contributed by atoms with Crippen LogP contribution in [0, 0.1) is 0 Å². The van der Waals surface area contributed by atoms with E-state index in [4.69, 9.17) is 9.47 Å². The zero-order valence-electron chi connectivity index (χ0n) is 15.7. The number of hydrogen-bond donors (Lipinski definition) is 0. The van der Waals surface area contributed by atoms with E-state index in [9.17, 15) is 9.59 Å². The van der Waals surface area contributed by atoms with Gasteiger partial charge in [0.15, 0.2) is 0 Å². The summed E-state index contributed by atoms with van der Waals surface area (Å²) in [5, 5.41) is 0. The quantitative estimate of drug-likeness (QED) is 0.385. The molecule has 2 rings (SSSR count). The van der Waals surface area contributed by atoms with Crippen LogP contribution >= 0.6 is 0 Å². The number of hydrogen-bond acceptors (Lipinski definition) is 4. The lowest BCUT2D eigenvalue weighted by Gasteiger charge is -2.11. The molecule has 0 amide bonds. The van der Waals surface area contributed by atoms with E-state index in [0.29, 0.717) is 12.0 Å². The molecule has 0 heterocycles. The van der Waals surface area contributed by atoms with Gasteiger partial charge in [0.25, 0.3) is 0 Å². The molecule has 0 aliphatic carbocycles. The highest BCUT2D eigenvalue weighted by atomic mass is 16.5. The summed E-state index contributed by atoms with van der Waals surface area (Å²) in [5.74, 6) is -1.03. The lowest BCUT2D eigenvalue weighted by Crippen LogP contribution is -2.15. The van der Waals surface area contributed by atoms with Gasteiger partial charge in [-0.3, -0.25) is 0 Å². The molecule has 4 heteroatoms. The third-order valence-electron chi connectivity index (χ3n) is 3.99. The monoisotopic (exact) mass is 364 g/mol. The van der Waals surface area contributed by atoms with E-state index in [1.54, 1.807) is 6.92 Å². The first kappa shape index (κ1) is 20.2. The second kappa shape index (κ2) is 10.8. The predicted octanol–water partition coefficient (Wildman–Crippen LogP) is 4.76. The molecule has 0 aliphatic heterocycles. The number of carbonyl (C=O) groups is 2. The Hall–Kier alpha value is -3.14. The topological polar surface area (TPSA) is 52.6 Å². The Labute approximate surface area is 160 Å². The fraction of sp³-hybridized carbons (Fsp3) is 0.217. The molecule has 0 saturated heterocycles. The molecule has 0 fully saturated rings. The summed E-state index contributed by atoms with van der Waals surface area (Å²) in [6.07, 6.45) is 3.95. The molecule has 4 nitrogen and oxygen atoms in total. The summed E-state index contributed by atoms with van der Waals surface area (Å²) >= 11 is 0. The van der Waals surface area contributed by atoms with Crippen molar-refractivity contribution in [3.8, 4) is 0 Å². The average molecular weight is 364 g/mol. The molecule has 2 aromatic rings. The minimum Gasteiger partial charge on any atom is -0.457 e. The summed E-state index contributed by atoms with van der Waals surface area (Å²) in [4.78, 5) is 24.9. The molecule has 2 aromatic carbocycles. The number of esters is 2. The summed E-state index contributed by atoms with van der Waals surface area (Å²) < 4.78 is 10.7. The van der Waals surface area contributed by atoms with Crippen LogP contribution < -0.4 is 0 Å². The largest absolute Gasteiger partial charge is 0.457 e. The fourth-order valence-corrected chi connectivity index (χ4v) is 2.39. The summed E-state index contributed by atoms with van der Waals surface area (Å²) in [5.41, 5.74) is 2.35. The summed E-state index contributed by atoms with van der Waals surface area (Å²) in [7, 11) is 0. The highest BCUT2D eigenvalue weighted by Gasteiger charge is 2.19. The molecule has 0 aliphatic rings. The van der Waals surface area contributed by atoms with Gasteiger partial charge in [-0.25, -0.2) is 9.59 Å². The molecule has 0 bridgehead atoms. The standard InChI is InChI=1S/C23H24O4/c1-3-4-15-21(23(25)27-17-20-13-9-6-10-14-20)18(2)22(24)26-16-19-11-7-5-8-12-19/h3-14H,15-17H2,1-2H3. The van der Waals surface area contributed by atoms with Crippen molar-refractivity contribution in [2.24, 2.45) is 0 Å². The number of rotatable bonds is 8. The van der Waals surface area contributed by atoms with Crippen LogP contribution in [-0.2, 0) is 32.3 Å². The van der Waals surface area contributed by atoms with Gasteiger partial charge in [-0.2, -0.15) is 0 Å². The van der Waals surface area contributed by atoms with Gasteiger partial charge in [-0.15, -0.1) is 0 Å². The van der Waals surface area contributed by atoms with Crippen molar-refractivity contribution in [1.82, 2.24) is 0 Å². The first-order chi connectivity index (χ1) is 13.1. The van der Waals surface area contributed by atoms with E-state index in [-0.39, 0.29) is 18.8 Å². The van der Waals surface area contributed by atoms with Crippen molar-refractivity contribution >= 4 is 11.9 Å². The second-order valence-electron chi connectivity index (χ2n) is 6.00. The molecule has 0 unspecified atom stereocenters. The van der Waals surface area contributed by atoms with E-state index in [1.165, 1.54) is 0 Å². The molecular formula is C23H24O4. The van der Waals surface area contributed by atoms with E-state index in [2.05, 4.69) is 0 Å². The highest BCUT2D eigenvalue weighted by molar-refractivity contribution is 6.00. The Bertz CT molecular complexity index is 805. The van der Waals surface area contributed by atoms with Gasteiger partial charge in [0.1, 0.15) is 13.2 Å². The SMILES string of the molecule is CC=CCC(C(=O)OCc1ccccc1)=C(C)C(=O)OCc1ccccc1. The molecule has 27 heavy (non-hydrogen) atoms. The maximum Gasteiger partial charge on any atom is 0.335 e. The van der Waals surface area contributed by atoms with Crippen LogP contribution in [0.3, 0.4) is 0 Å². The Morgan fingerprint density at radius 1 is 0.815 bits per heavy atom. The molecule has 0 aromatic heterocycles. The normalized spacial score (nSPS) is 11.8. The van der Waals surface area contributed by atoms with Crippen molar-refractivity contribution in [3.63, 3.8) is 0 Å². The number of carbonyl (C=O) groups excluding carboxylic acids is 2. The molecule has 0 N–H and O–H groups in total. The third kappa shape index (κ3) is 6.59. The Balaban J connectivity index is 2.06. The third-order valence-corrected chi connectivity index (χ3v) is 3.99. The van der Waals surface area contributed by atoms with Crippen molar-refractivity contribution in [2.75, 3.05) is 0 Å². The first-order valence-electron chi connectivity index (χ1n) is 8.84. The minimum atomic E-state index is -0.519. The van der Waals surface area contributed by atoms with E-state index in [1.807, 2.05) is 79.7 Å². The molecular weight excluding hydrogens is 340 g/mol. The molecule has 0 spiro atoms. The molecule has 140 valence electrons. The van der Waals surface area contributed by atoms with E-state index < -0.39 is 11.9 Å². The Morgan fingerprint density at radius 2 is 1.30 bits per heavy atom. The average Bonchev–Trinajstić information content (AvgIpc) is 2.72. The predicted molar refractivity (Wildman–Crippen MR) is 105 cm³/mol. The first-order valence-corrected chi connectivity index (χ1v) is 8.84. The maximum absolute atomic E-state index is 12.5. The zero-order valence-corrected chi connectivity index (χ0v) is 15.7. The fourth-order valence-electron chi connectivity index (χ4n) is 2.39. The van der Waals surface area contributed by atoms with Gasteiger partial charge in [-0.1, -0.05) is 72.8 Å². The van der Waals surface area contributed by atoms with Gasteiger partial charge >= 0.3 is 11.9 Å². The Morgan fingerprint density at radius 3 is 1.78 bits per heavy atom. The van der Waals surface area contributed by atoms with Gasteiger partial charge in [0, 0.05) is 5.57 Å². The van der Waals surface area contributed by atoms with E-state index in [0.717, 1.165) is 11.1 Å². The van der Waals surface area contributed by atoms with Gasteiger partial charge < -0.3 is 9.47 Å². The van der Waals surface area contributed by atoms with Crippen LogP contribution in [0.2, 0.25) is 0 Å². The number of allylic oxidation sites excluding steroid dienone is 2. The van der Waals surface area contributed by atoms with E-state index >= 15 is 0 Å². The van der Waals surface area contributed by atoms with Crippen LogP contribution in [0.5, 0.6) is 0 Å². The summed E-state index contributed by atoms with van der Waals surface area (Å²) in [6, 6.07) is 18.8. The zero-order chi connectivity index (χ0) is 19.5. The molecule has 0 radical (unpaired) electrons. The van der Waals surface area contributed by atoms with Crippen LogP contribution in [0.15, 0.2) is 84.0 Å². The maximum atomic E-state index is 12.5. The number of benzene rings is 2. The lowest BCUT2D eigenvalue weighted by molar-refractivity contribution is -0.143. The van der Waals surface area contributed by atoms with Gasteiger partial charge in [0.2, 0.25) is 0 Å². The minimum absolute atomic E-state index is 0.158. The van der Waals surface area contributed by atoms with Crippen LogP contribution in [0.1, 0.15) is 31.4 Å². The van der Waals surface area contributed by atoms with Crippen molar-refractivity contribution < 1.29 is 19.1 Å². The summed E-state index contributed by atoms with van der Waals surface area (Å²) in [6.45, 7) is 3.77. The second-order valence-corrected chi connectivity index (χ2v) is 6.00. The lowest BCUT2D eigenvalue weighted by atomic mass is 10.1. The Kier molecular flexibility index (Phi) is 8.04.